The minimum atomic E-state index is -4.62. The molecular formula is C14H14F3N3O4. The Bertz CT molecular complexity index is 707. The van der Waals surface area contributed by atoms with E-state index in [2.05, 4.69) is 4.98 Å². The summed E-state index contributed by atoms with van der Waals surface area (Å²) in [7, 11) is 0. The number of esters is 1. The number of amides is 1. The number of carboxylic acid groups (broad SMARTS) is 1. The number of hydrogen-bond acceptors (Lipinski definition) is 5. The number of pyridine rings is 1. The molecule has 10 heteroatoms. The van der Waals surface area contributed by atoms with Gasteiger partial charge in [-0.05, 0) is 13.0 Å². The number of ether oxygens (including phenoxy) is 1. The van der Waals surface area contributed by atoms with E-state index in [9.17, 15) is 22.8 Å². The fraction of sp³-hybridized carbons (Fsp3) is 0.500. The summed E-state index contributed by atoms with van der Waals surface area (Å²) in [5.74, 6) is -0.780. The third kappa shape index (κ3) is 2.72. The molecule has 0 radical (unpaired) electrons. The van der Waals surface area contributed by atoms with Crippen molar-refractivity contribution in [2.24, 2.45) is 0 Å². The molecule has 1 N–H and O–H groups in total. The van der Waals surface area contributed by atoms with Crippen LogP contribution in [0.15, 0.2) is 6.07 Å². The smallest absolute Gasteiger partial charge is 0.418 e. The van der Waals surface area contributed by atoms with Crippen molar-refractivity contribution in [1.82, 2.24) is 9.88 Å². The SMILES string of the molecule is Cc1nc2c(cc1C(F)(F)F)C(=O)OC[C@H]1CN(C(=O)O)CCN21. The molecule has 3 heterocycles. The molecule has 1 atom stereocenters. The summed E-state index contributed by atoms with van der Waals surface area (Å²) in [6.45, 7) is 1.59. The van der Waals surface area contributed by atoms with Crippen LogP contribution in [0, 0.1) is 6.92 Å². The Morgan fingerprint density at radius 1 is 1.42 bits per heavy atom. The maximum absolute atomic E-state index is 13.0. The summed E-state index contributed by atoms with van der Waals surface area (Å²) in [6.07, 6.45) is -5.72. The average Bonchev–Trinajstić information content (AvgIpc) is 2.62. The summed E-state index contributed by atoms with van der Waals surface area (Å²) in [5, 5.41) is 9.08. The molecule has 0 aromatic carbocycles. The number of piperazine rings is 1. The highest BCUT2D eigenvalue weighted by Gasteiger charge is 2.40. The highest BCUT2D eigenvalue weighted by atomic mass is 19.4. The van der Waals surface area contributed by atoms with Crippen LogP contribution in [0.25, 0.3) is 0 Å². The standard InChI is InChI=1S/C14H14F3N3O4/c1-7-10(14(15,16)17)4-9-11(18-7)20-3-2-19(13(22)23)5-8(20)6-24-12(9)21/h4,8H,2-3,5-6H2,1H3,(H,22,23)/t8-/m1/s1. The fourth-order valence-electron chi connectivity index (χ4n) is 2.95. The molecule has 2 aliphatic heterocycles. The zero-order valence-electron chi connectivity index (χ0n) is 12.6. The quantitative estimate of drug-likeness (QED) is 0.722. The molecule has 0 aliphatic carbocycles. The van der Waals surface area contributed by atoms with E-state index in [1.54, 1.807) is 4.90 Å². The zero-order chi connectivity index (χ0) is 17.6. The third-order valence-corrected chi connectivity index (χ3v) is 4.15. The molecule has 1 saturated heterocycles. The van der Waals surface area contributed by atoms with E-state index in [-0.39, 0.29) is 43.3 Å². The van der Waals surface area contributed by atoms with Crippen LogP contribution in [-0.2, 0) is 10.9 Å². The lowest BCUT2D eigenvalue weighted by atomic mass is 10.1. The number of rotatable bonds is 0. The predicted molar refractivity (Wildman–Crippen MR) is 75.0 cm³/mol. The van der Waals surface area contributed by atoms with Crippen molar-refractivity contribution < 1.29 is 32.6 Å². The topological polar surface area (TPSA) is 83.0 Å². The normalized spacial score (nSPS) is 20.8. The molecule has 1 amide bonds. The number of alkyl halides is 3. The molecular weight excluding hydrogens is 331 g/mol. The number of hydrogen-bond donors (Lipinski definition) is 1. The molecule has 0 spiro atoms. The van der Waals surface area contributed by atoms with Gasteiger partial charge >= 0.3 is 18.2 Å². The summed E-state index contributed by atoms with van der Waals surface area (Å²) < 4.78 is 44.2. The minimum absolute atomic E-state index is 0.0871. The van der Waals surface area contributed by atoms with Gasteiger partial charge in [-0.15, -0.1) is 0 Å². The van der Waals surface area contributed by atoms with Crippen molar-refractivity contribution in [3.63, 3.8) is 0 Å². The first-order chi connectivity index (χ1) is 11.2. The fourth-order valence-corrected chi connectivity index (χ4v) is 2.95. The van der Waals surface area contributed by atoms with Crippen LogP contribution in [-0.4, -0.2) is 59.3 Å². The number of aromatic nitrogens is 1. The van der Waals surface area contributed by atoms with Crippen LogP contribution >= 0.6 is 0 Å². The lowest BCUT2D eigenvalue weighted by molar-refractivity contribution is -0.138. The Kier molecular flexibility index (Phi) is 3.77. The summed E-state index contributed by atoms with van der Waals surface area (Å²) in [6, 6.07) is 0.273. The van der Waals surface area contributed by atoms with Gasteiger partial charge in [-0.2, -0.15) is 13.2 Å². The van der Waals surface area contributed by atoms with E-state index in [0.717, 1.165) is 6.07 Å². The number of nitrogens with zero attached hydrogens (tertiary/aromatic N) is 3. The van der Waals surface area contributed by atoms with Crippen molar-refractivity contribution in [2.75, 3.05) is 31.1 Å². The zero-order valence-corrected chi connectivity index (χ0v) is 12.6. The molecule has 2 aliphatic rings. The van der Waals surface area contributed by atoms with Crippen LogP contribution in [0.3, 0.4) is 0 Å². The van der Waals surface area contributed by atoms with Crippen LogP contribution < -0.4 is 4.90 Å². The number of halogens is 3. The van der Waals surface area contributed by atoms with Gasteiger partial charge in [-0.3, -0.25) is 0 Å². The Hall–Kier alpha value is -2.52. The molecule has 0 saturated carbocycles. The van der Waals surface area contributed by atoms with E-state index >= 15 is 0 Å². The lowest BCUT2D eigenvalue weighted by Gasteiger charge is -2.39. The Labute approximate surface area is 134 Å². The van der Waals surface area contributed by atoms with Gasteiger partial charge in [0.25, 0.3) is 0 Å². The Morgan fingerprint density at radius 2 is 2.12 bits per heavy atom. The summed E-state index contributed by atoms with van der Waals surface area (Å²) in [5.41, 5.74) is -1.48. The highest BCUT2D eigenvalue weighted by molar-refractivity contribution is 5.96. The van der Waals surface area contributed by atoms with Crippen molar-refractivity contribution in [3.05, 3.63) is 22.9 Å². The van der Waals surface area contributed by atoms with Gasteiger partial charge in [0.1, 0.15) is 18.0 Å². The van der Waals surface area contributed by atoms with Gasteiger partial charge < -0.3 is 19.6 Å². The average molecular weight is 345 g/mol. The van der Waals surface area contributed by atoms with E-state index in [4.69, 9.17) is 9.84 Å². The second kappa shape index (κ2) is 5.53. The number of cyclic esters (lactones) is 1. The number of fused-ring (bicyclic) bond motifs is 3. The second-order valence-corrected chi connectivity index (χ2v) is 5.66. The van der Waals surface area contributed by atoms with E-state index in [1.807, 2.05) is 0 Å². The van der Waals surface area contributed by atoms with Gasteiger partial charge in [-0.1, -0.05) is 0 Å². The molecule has 3 rings (SSSR count). The largest absolute Gasteiger partial charge is 0.465 e. The van der Waals surface area contributed by atoms with Crippen LogP contribution in [0.2, 0.25) is 0 Å². The van der Waals surface area contributed by atoms with Crippen molar-refractivity contribution in [3.8, 4) is 0 Å². The van der Waals surface area contributed by atoms with Crippen molar-refractivity contribution in [2.45, 2.75) is 19.1 Å². The maximum Gasteiger partial charge on any atom is 0.418 e. The van der Waals surface area contributed by atoms with Gasteiger partial charge in [0.05, 0.1) is 17.3 Å². The number of anilines is 1. The summed E-state index contributed by atoms with van der Waals surface area (Å²) >= 11 is 0. The molecule has 0 unspecified atom stereocenters. The molecule has 1 fully saturated rings. The lowest BCUT2D eigenvalue weighted by Crippen LogP contribution is -2.56. The molecule has 0 bridgehead atoms. The van der Waals surface area contributed by atoms with Crippen LogP contribution in [0.1, 0.15) is 21.6 Å². The number of carbonyl (C=O) groups is 2. The second-order valence-electron chi connectivity index (χ2n) is 5.66. The molecule has 7 nitrogen and oxygen atoms in total. The summed E-state index contributed by atoms with van der Waals surface area (Å²) in [4.78, 5) is 30.0. The first-order valence-corrected chi connectivity index (χ1v) is 7.19. The third-order valence-electron chi connectivity index (χ3n) is 4.15. The van der Waals surface area contributed by atoms with Crippen molar-refractivity contribution >= 4 is 17.9 Å². The van der Waals surface area contributed by atoms with Gasteiger partial charge in [-0.25, -0.2) is 14.6 Å². The first-order valence-electron chi connectivity index (χ1n) is 7.19. The van der Waals surface area contributed by atoms with Gasteiger partial charge in [0.15, 0.2) is 0 Å². The maximum atomic E-state index is 13.0. The van der Waals surface area contributed by atoms with E-state index in [1.165, 1.54) is 11.8 Å². The highest BCUT2D eigenvalue weighted by Crippen LogP contribution is 2.36. The predicted octanol–water partition coefficient (Wildman–Crippen LogP) is 1.75. The number of carbonyl (C=O) groups excluding carboxylic acids is 1. The first kappa shape index (κ1) is 16.3. The molecule has 130 valence electrons. The van der Waals surface area contributed by atoms with Gasteiger partial charge in [0.2, 0.25) is 0 Å². The molecule has 24 heavy (non-hydrogen) atoms. The van der Waals surface area contributed by atoms with E-state index < -0.39 is 29.8 Å². The van der Waals surface area contributed by atoms with Gasteiger partial charge in [0, 0.05) is 19.6 Å². The van der Waals surface area contributed by atoms with Crippen molar-refractivity contribution in [1.29, 1.82) is 0 Å². The Balaban J connectivity index is 2.04. The Morgan fingerprint density at radius 3 is 2.75 bits per heavy atom. The molecule has 1 aromatic heterocycles. The van der Waals surface area contributed by atoms with E-state index in [0.29, 0.717) is 0 Å². The number of aryl methyl sites for hydroxylation is 1. The monoisotopic (exact) mass is 345 g/mol. The minimum Gasteiger partial charge on any atom is -0.465 e. The van der Waals surface area contributed by atoms with Crippen LogP contribution in [0.4, 0.5) is 23.8 Å². The molecule has 1 aromatic rings. The van der Waals surface area contributed by atoms with Crippen LogP contribution in [0.5, 0.6) is 0 Å².